The molecule has 0 fully saturated rings. The Morgan fingerprint density at radius 3 is 1.83 bits per heavy atom. The van der Waals surface area contributed by atoms with Gasteiger partial charge in [-0.05, 0) is 26.0 Å². The lowest BCUT2D eigenvalue weighted by molar-refractivity contribution is 0.359. The van der Waals surface area contributed by atoms with E-state index in [4.69, 9.17) is 0 Å². The molecule has 0 bridgehead atoms. The van der Waals surface area contributed by atoms with E-state index in [0.29, 0.717) is 0 Å². The third-order valence-corrected chi connectivity index (χ3v) is 1.96. The Kier molecular flexibility index (Phi) is 8.30. The van der Waals surface area contributed by atoms with E-state index < -0.39 is 0 Å². The van der Waals surface area contributed by atoms with Gasteiger partial charge in [-0.25, -0.2) is 0 Å². The highest BCUT2D eigenvalue weighted by molar-refractivity contribution is 4.78. The molecule has 0 aromatic rings. The van der Waals surface area contributed by atoms with Crippen molar-refractivity contribution in [2.75, 3.05) is 13.1 Å². The van der Waals surface area contributed by atoms with E-state index in [9.17, 15) is 0 Å². The van der Waals surface area contributed by atoms with E-state index >= 15 is 0 Å². The molecule has 0 aromatic heterocycles. The lowest BCUT2D eigenvalue weighted by Crippen LogP contribution is -2.19. The Bertz CT molecular complexity index is 99.6. The van der Waals surface area contributed by atoms with Crippen molar-refractivity contribution in [1.82, 2.24) is 4.90 Å². The zero-order valence-electron chi connectivity index (χ0n) is 8.84. The molecule has 1 nitrogen and oxygen atoms in total. The Hall–Kier alpha value is -0.460. The molecule has 0 saturated heterocycles. The molecule has 0 rings (SSSR count). The largest absolute Gasteiger partial charge is 0.378 e. The highest BCUT2D eigenvalue weighted by Gasteiger charge is 1.95. The molecule has 0 spiro atoms. The van der Waals surface area contributed by atoms with E-state index in [-0.39, 0.29) is 0 Å². The maximum absolute atomic E-state index is 2.42. The summed E-state index contributed by atoms with van der Waals surface area (Å²) < 4.78 is 0. The molecule has 0 aliphatic heterocycles. The van der Waals surface area contributed by atoms with Crippen molar-refractivity contribution < 1.29 is 0 Å². The quantitative estimate of drug-likeness (QED) is 0.564. The second kappa shape index (κ2) is 8.63. The number of allylic oxidation sites excluding steroid dienone is 1. The highest BCUT2D eigenvalue weighted by atomic mass is 15.1. The van der Waals surface area contributed by atoms with E-state index in [2.05, 4.69) is 37.9 Å². The van der Waals surface area contributed by atoms with Crippen LogP contribution in [0.15, 0.2) is 12.3 Å². The summed E-state index contributed by atoms with van der Waals surface area (Å²) in [6, 6.07) is 0. The fourth-order valence-corrected chi connectivity index (χ4v) is 1.19. The molecule has 0 unspecified atom stereocenters. The van der Waals surface area contributed by atoms with Crippen molar-refractivity contribution in [1.29, 1.82) is 0 Å². The number of rotatable bonds is 7. The molecule has 0 heterocycles. The average molecular weight is 169 g/mol. The van der Waals surface area contributed by atoms with Crippen LogP contribution in [0, 0.1) is 0 Å². The van der Waals surface area contributed by atoms with Gasteiger partial charge in [-0.15, -0.1) is 0 Å². The summed E-state index contributed by atoms with van der Waals surface area (Å²) in [7, 11) is 0. The van der Waals surface area contributed by atoms with Crippen LogP contribution in [0.5, 0.6) is 0 Å². The van der Waals surface area contributed by atoms with E-state index in [1.807, 2.05) is 0 Å². The van der Waals surface area contributed by atoms with Crippen molar-refractivity contribution in [3.8, 4) is 0 Å². The molecule has 1 heteroatoms. The number of hydrogen-bond acceptors (Lipinski definition) is 1. The van der Waals surface area contributed by atoms with Crippen LogP contribution in [0.2, 0.25) is 0 Å². The van der Waals surface area contributed by atoms with Gasteiger partial charge in [0.1, 0.15) is 0 Å². The first kappa shape index (κ1) is 11.5. The summed E-state index contributed by atoms with van der Waals surface area (Å²) in [6.45, 7) is 9.02. The van der Waals surface area contributed by atoms with Crippen LogP contribution in [0.25, 0.3) is 0 Å². The van der Waals surface area contributed by atoms with Gasteiger partial charge in [0, 0.05) is 13.1 Å². The standard InChI is InChI=1S/C11H23N/c1-4-7-10-12(9-6-3)11-8-5-2/h6,9H,4-5,7-8,10-11H2,1-3H3. The normalized spacial score (nSPS) is 10.9. The molecule has 72 valence electrons. The minimum Gasteiger partial charge on any atom is -0.378 e. The van der Waals surface area contributed by atoms with E-state index in [1.54, 1.807) is 0 Å². The van der Waals surface area contributed by atoms with Crippen LogP contribution in [0.1, 0.15) is 46.5 Å². The molecule has 0 atom stereocenters. The van der Waals surface area contributed by atoms with Crippen molar-refractivity contribution in [2.45, 2.75) is 46.5 Å². The number of hydrogen-bond donors (Lipinski definition) is 0. The Balaban J connectivity index is 3.54. The van der Waals surface area contributed by atoms with Gasteiger partial charge in [0.15, 0.2) is 0 Å². The van der Waals surface area contributed by atoms with Crippen molar-refractivity contribution in [3.63, 3.8) is 0 Å². The third-order valence-electron chi connectivity index (χ3n) is 1.96. The number of nitrogens with zero attached hydrogens (tertiary/aromatic N) is 1. The zero-order valence-corrected chi connectivity index (χ0v) is 8.84. The van der Waals surface area contributed by atoms with Crippen LogP contribution in [0.4, 0.5) is 0 Å². The molecule has 0 aliphatic rings. The van der Waals surface area contributed by atoms with Gasteiger partial charge in [0.2, 0.25) is 0 Å². The molecule has 0 aromatic carbocycles. The summed E-state index contributed by atoms with van der Waals surface area (Å²) >= 11 is 0. The Morgan fingerprint density at radius 1 is 1.00 bits per heavy atom. The summed E-state index contributed by atoms with van der Waals surface area (Å²) in [5, 5.41) is 0. The van der Waals surface area contributed by atoms with Crippen LogP contribution in [-0.2, 0) is 0 Å². The fraction of sp³-hybridized carbons (Fsp3) is 0.818. The third kappa shape index (κ3) is 6.26. The fourth-order valence-electron chi connectivity index (χ4n) is 1.19. The van der Waals surface area contributed by atoms with Gasteiger partial charge < -0.3 is 4.90 Å². The second-order valence-corrected chi connectivity index (χ2v) is 3.23. The van der Waals surface area contributed by atoms with Gasteiger partial charge in [0.25, 0.3) is 0 Å². The SMILES string of the molecule is CC=CN(CCCC)CCCC. The molecular formula is C11H23N. The van der Waals surface area contributed by atoms with Gasteiger partial charge in [0.05, 0.1) is 0 Å². The van der Waals surface area contributed by atoms with Crippen LogP contribution < -0.4 is 0 Å². The van der Waals surface area contributed by atoms with E-state index in [1.165, 1.54) is 38.8 Å². The summed E-state index contributed by atoms with van der Waals surface area (Å²) in [5.41, 5.74) is 0. The predicted molar refractivity (Wildman–Crippen MR) is 56.2 cm³/mol. The highest BCUT2D eigenvalue weighted by Crippen LogP contribution is 1.99. The lowest BCUT2D eigenvalue weighted by Gasteiger charge is -2.19. The van der Waals surface area contributed by atoms with Crippen molar-refractivity contribution in [3.05, 3.63) is 12.3 Å². The summed E-state index contributed by atoms with van der Waals surface area (Å²) in [6.07, 6.45) is 9.55. The molecule has 0 N–H and O–H groups in total. The smallest absolute Gasteiger partial charge is 0.0172 e. The zero-order chi connectivity index (χ0) is 9.23. The minimum absolute atomic E-state index is 1.22. The predicted octanol–water partition coefficient (Wildman–Crippen LogP) is 3.42. The molecule has 0 radical (unpaired) electrons. The molecular weight excluding hydrogens is 146 g/mol. The van der Waals surface area contributed by atoms with Gasteiger partial charge in [-0.2, -0.15) is 0 Å². The maximum atomic E-state index is 2.42. The molecule has 0 saturated carbocycles. The van der Waals surface area contributed by atoms with Crippen molar-refractivity contribution in [2.24, 2.45) is 0 Å². The second-order valence-electron chi connectivity index (χ2n) is 3.23. The molecule has 0 aliphatic carbocycles. The van der Waals surface area contributed by atoms with Crippen molar-refractivity contribution >= 4 is 0 Å². The lowest BCUT2D eigenvalue weighted by atomic mass is 10.3. The first-order valence-electron chi connectivity index (χ1n) is 5.22. The summed E-state index contributed by atoms with van der Waals surface area (Å²) in [4.78, 5) is 2.42. The average Bonchev–Trinajstić information content (AvgIpc) is 2.10. The van der Waals surface area contributed by atoms with Crippen LogP contribution in [0.3, 0.4) is 0 Å². The van der Waals surface area contributed by atoms with Gasteiger partial charge in [-0.3, -0.25) is 0 Å². The minimum atomic E-state index is 1.22. The molecule has 0 amide bonds. The molecule has 12 heavy (non-hydrogen) atoms. The van der Waals surface area contributed by atoms with Crippen LogP contribution >= 0.6 is 0 Å². The first-order valence-corrected chi connectivity index (χ1v) is 5.22. The Labute approximate surface area is 77.5 Å². The first-order chi connectivity index (χ1) is 5.85. The monoisotopic (exact) mass is 169 g/mol. The van der Waals surface area contributed by atoms with Gasteiger partial charge >= 0.3 is 0 Å². The Morgan fingerprint density at radius 2 is 1.50 bits per heavy atom. The maximum Gasteiger partial charge on any atom is 0.0172 e. The van der Waals surface area contributed by atoms with Gasteiger partial charge in [-0.1, -0.05) is 32.8 Å². The topological polar surface area (TPSA) is 3.24 Å². The van der Waals surface area contributed by atoms with E-state index in [0.717, 1.165) is 0 Å². The van der Waals surface area contributed by atoms with Crippen LogP contribution in [-0.4, -0.2) is 18.0 Å². The number of unbranched alkanes of at least 4 members (excludes halogenated alkanes) is 2. The summed E-state index contributed by atoms with van der Waals surface area (Å²) in [5.74, 6) is 0.